The fraction of sp³-hybridized carbons (Fsp3) is 0.217. The molecule has 1 aromatic heterocycles. The Labute approximate surface area is 164 Å². The lowest BCUT2D eigenvalue weighted by Crippen LogP contribution is -2.20. The Morgan fingerprint density at radius 2 is 1.82 bits per heavy atom. The number of amides is 1. The van der Waals surface area contributed by atoms with E-state index in [4.69, 9.17) is 9.15 Å². The van der Waals surface area contributed by atoms with E-state index in [-0.39, 0.29) is 18.1 Å². The first-order valence-electron chi connectivity index (χ1n) is 9.10. The fourth-order valence-electron chi connectivity index (χ4n) is 2.69. The molecule has 1 N–H and O–H groups in total. The number of carbonyl (C=O) groups is 1. The lowest BCUT2D eigenvalue weighted by Gasteiger charge is -2.09. The number of aryl methyl sites for hydroxylation is 1. The zero-order valence-electron chi connectivity index (χ0n) is 16.2. The van der Waals surface area contributed by atoms with Crippen LogP contribution >= 0.6 is 0 Å². The van der Waals surface area contributed by atoms with Crippen LogP contribution in [0.2, 0.25) is 0 Å². The molecule has 0 bridgehead atoms. The van der Waals surface area contributed by atoms with Gasteiger partial charge in [-0.15, -0.1) is 0 Å². The van der Waals surface area contributed by atoms with E-state index in [9.17, 15) is 10.1 Å². The van der Waals surface area contributed by atoms with Crippen molar-refractivity contribution >= 4 is 11.8 Å². The molecule has 0 unspecified atom stereocenters. The number of rotatable bonds is 6. The largest absolute Gasteiger partial charge is 0.484 e. The molecule has 5 heteroatoms. The Bertz CT molecular complexity index is 994. The van der Waals surface area contributed by atoms with Crippen LogP contribution in [0.5, 0.6) is 5.75 Å². The Kier molecular flexibility index (Phi) is 5.81. The van der Waals surface area contributed by atoms with E-state index in [2.05, 4.69) is 19.2 Å². The molecule has 2 aromatic carbocycles. The van der Waals surface area contributed by atoms with E-state index < -0.39 is 5.91 Å². The Morgan fingerprint density at radius 3 is 2.43 bits per heavy atom. The van der Waals surface area contributed by atoms with Crippen molar-refractivity contribution in [3.05, 3.63) is 71.3 Å². The van der Waals surface area contributed by atoms with Crippen molar-refractivity contribution in [2.24, 2.45) is 0 Å². The van der Waals surface area contributed by atoms with Gasteiger partial charge in [-0.1, -0.05) is 55.8 Å². The van der Waals surface area contributed by atoms with Crippen molar-refractivity contribution in [2.75, 3.05) is 11.9 Å². The molecule has 142 valence electrons. The number of nitrogens with zero attached hydrogens (tertiary/aromatic N) is 1. The Hall–Kier alpha value is -3.52. The van der Waals surface area contributed by atoms with E-state index in [0.717, 1.165) is 11.1 Å². The molecule has 0 atom stereocenters. The molecule has 0 aliphatic carbocycles. The maximum Gasteiger partial charge on any atom is 0.264 e. The maximum absolute atomic E-state index is 12.2. The SMILES string of the molecule is Cc1ccc(-c2cc(C#N)c(NC(=O)COc3ccc(C(C)C)cc3)o2)cc1. The summed E-state index contributed by atoms with van der Waals surface area (Å²) in [4.78, 5) is 12.2. The molecule has 0 fully saturated rings. The summed E-state index contributed by atoms with van der Waals surface area (Å²) < 4.78 is 11.2. The summed E-state index contributed by atoms with van der Waals surface area (Å²) in [6, 6.07) is 19.0. The predicted octanol–water partition coefficient (Wildman–Crippen LogP) is 5.27. The van der Waals surface area contributed by atoms with Gasteiger partial charge in [0.15, 0.2) is 6.61 Å². The second kappa shape index (κ2) is 8.45. The normalized spacial score (nSPS) is 10.5. The van der Waals surface area contributed by atoms with Gasteiger partial charge in [-0.25, -0.2) is 0 Å². The fourth-order valence-corrected chi connectivity index (χ4v) is 2.69. The molecule has 1 amide bonds. The summed E-state index contributed by atoms with van der Waals surface area (Å²) in [5.74, 6) is 1.30. The summed E-state index contributed by atoms with van der Waals surface area (Å²) >= 11 is 0. The quantitative estimate of drug-likeness (QED) is 0.638. The van der Waals surface area contributed by atoms with Gasteiger partial charge in [-0.2, -0.15) is 5.26 Å². The van der Waals surface area contributed by atoms with Crippen molar-refractivity contribution in [3.8, 4) is 23.1 Å². The maximum atomic E-state index is 12.2. The lowest BCUT2D eigenvalue weighted by molar-refractivity contribution is -0.118. The number of furan rings is 1. The van der Waals surface area contributed by atoms with Gasteiger partial charge in [-0.05, 0) is 30.5 Å². The van der Waals surface area contributed by atoms with E-state index >= 15 is 0 Å². The van der Waals surface area contributed by atoms with Crippen LogP contribution in [0.1, 0.15) is 36.5 Å². The molecule has 0 saturated heterocycles. The van der Waals surface area contributed by atoms with Crippen LogP contribution in [0.4, 0.5) is 5.88 Å². The molecular formula is C23H22N2O3. The Balaban J connectivity index is 1.65. The second-order valence-corrected chi connectivity index (χ2v) is 6.89. The van der Waals surface area contributed by atoms with Crippen LogP contribution in [0, 0.1) is 18.3 Å². The number of nitrogens with one attached hydrogen (secondary N) is 1. The van der Waals surface area contributed by atoms with Gasteiger partial charge in [0.1, 0.15) is 23.1 Å². The van der Waals surface area contributed by atoms with Crippen molar-refractivity contribution in [1.29, 1.82) is 5.26 Å². The summed E-state index contributed by atoms with van der Waals surface area (Å²) in [5.41, 5.74) is 3.44. The lowest BCUT2D eigenvalue weighted by atomic mass is 10.0. The standard InChI is InChI=1S/C23H22N2O3/c1-15(2)17-8-10-20(11-9-17)27-14-22(26)25-23-19(13-24)12-21(28-23)18-6-4-16(3)5-7-18/h4-12,15H,14H2,1-3H3,(H,25,26). The number of hydrogen-bond acceptors (Lipinski definition) is 4. The van der Waals surface area contributed by atoms with Gasteiger partial charge in [0.05, 0.1) is 0 Å². The Morgan fingerprint density at radius 1 is 1.14 bits per heavy atom. The van der Waals surface area contributed by atoms with Crippen molar-refractivity contribution in [2.45, 2.75) is 26.7 Å². The highest BCUT2D eigenvalue weighted by Crippen LogP contribution is 2.29. The molecular weight excluding hydrogens is 352 g/mol. The van der Waals surface area contributed by atoms with E-state index in [1.165, 1.54) is 5.56 Å². The zero-order chi connectivity index (χ0) is 20.1. The topological polar surface area (TPSA) is 75.3 Å². The smallest absolute Gasteiger partial charge is 0.264 e. The molecule has 0 radical (unpaired) electrons. The number of ether oxygens (including phenoxy) is 1. The highest BCUT2D eigenvalue weighted by molar-refractivity contribution is 5.92. The van der Waals surface area contributed by atoms with Gasteiger partial charge in [0.25, 0.3) is 5.91 Å². The number of carbonyl (C=O) groups excluding carboxylic acids is 1. The third-order valence-corrected chi connectivity index (χ3v) is 4.36. The number of anilines is 1. The first-order valence-corrected chi connectivity index (χ1v) is 9.10. The summed E-state index contributed by atoms with van der Waals surface area (Å²) in [6.45, 7) is 6.05. The van der Waals surface area contributed by atoms with Gasteiger partial charge >= 0.3 is 0 Å². The second-order valence-electron chi connectivity index (χ2n) is 6.89. The molecule has 0 spiro atoms. The van der Waals surface area contributed by atoms with Crippen LogP contribution in [0.25, 0.3) is 11.3 Å². The molecule has 0 saturated carbocycles. The first kappa shape index (κ1) is 19.2. The highest BCUT2D eigenvalue weighted by Gasteiger charge is 2.15. The molecule has 1 heterocycles. The molecule has 3 aromatic rings. The highest BCUT2D eigenvalue weighted by atomic mass is 16.5. The third kappa shape index (κ3) is 4.60. The molecule has 0 aliphatic heterocycles. The van der Waals surface area contributed by atoms with Crippen molar-refractivity contribution in [1.82, 2.24) is 0 Å². The minimum atomic E-state index is -0.394. The van der Waals surface area contributed by atoms with Crippen molar-refractivity contribution in [3.63, 3.8) is 0 Å². The minimum absolute atomic E-state index is 0.127. The summed E-state index contributed by atoms with van der Waals surface area (Å²) in [7, 11) is 0. The van der Waals surface area contributed by atoms with Crippen molar-refractivity contribution < 1.29 is 13.9 Å². The van der Waals surface area contributed by atoms with E-state index in [0.29, 0.717) is 17.4 Å². The number of benzene rings is 2. The van der Waals surface area contributed by atoms with Crippen LogP contribution in [-0.2, 0) is 4.79 Å². The van der Waals surface area contributed by atoms with Gasteiger partial charge < -0.3 is 9.15 Å². The third-order valence-electron chi connectivity index (χ3n) is 4.36. The summed E-state index contributed by atoms with van der Waals surface area (Å²) in [6.07, 6.45) is 0. The minimum Gasteiger partial charge on any atom is -0.484 e. The number of nitriles is 1. The average Bonchev–Trinajstić information content (AvgIpc) is 3.10. The van der Waals surface area contributed by atoms with Crippen LogP contribution in [-0.4, -0.2) is 12.5 Å². The van der Waals surface area contributed by atoms with Gasteiger partial charge in [-0.3, -0.25) is 10.1 Å². The molecule has 5 nitrogen and oxygen atoms in total. The van der Waals surface area contributed by atoms with Crippen LogP contribution < -0.4 is 10.1 Å². The molecule has 28 heavy (non-hydrogen) atoms. The van der Waals surface area contributed by atoms with E-state index in [1.54, 1.807) is 6.07 Å². The first-order chi connectivity index (χ1) is 13.5. The van der Waals surface area contributed by atoms with Crippen LogP contribution in [0.15, 0.2) is 59.0 Å². The average molecular weight is 374 g/mol. The van der Waals surface area contributed by atoms with Gasteiger partial charge in [0.2, 0.25) is 5.88 Å². The predicted molar refractivity (Wildman–Crippen MR) is 108 cm³/mol. The monoisotopic (exact) mass is 374 g/mol. The number of hydrogen-bond donors (Lipinski definition) is 1. The van der Waals surface area contributed by atoms with Crippen LogP contribution in [0.3, 0.4) is 0 Å². The summed E-state index contributed by atoms with van der Waals surface area (Å²) in [5, 5.41) is 11.9. The zero-order valence-corrected chi connectivity index (χ0v) is 16.2. The van der Waals surface area contributed by atoms with E-state index in [1.807, 2.05) is 61.5 Å². The molecule has 0 aliphatic rings. The van der Waals surface area contributed by atoms with Gasteiger partial charge in [0, 0.05) is 11.6 Å². The molecule has 3 rings (SSSR count).